The van der Waals surface area contributed by atoms with Crippen LogP contribution in [0.1, 0.15) is 25.7 Å². The van der Waals surface area contributed by atoms with Crippen LogP contribution in [0.5, 0.6) is 0 Å². The van der Waals surface area contributed by atoms with Crippen LogP contribution in [0.15, 0.2) is 0 Å². The second kappa shape index (κ2) is 10.0. The fraction of sp³-hybridized carbons (Fsp3) is 0.875. The van der Waals surface area contributed by atoms with E-state index in [9.17, 15) is 13.6 Å². The molecule has 0 saturated carbocycles. The number of carbonyl (C=O) groups is 1. The molecule has 4 nitrogen and oxygen atoms in total. The Balaban J connectivity index is -0.000000845. The Kier molecular flexibility index (Phi) is 13.2. The van der Waals surface area contributed by atoms with Gasteiger partial charge in [-0.1, -0.05) is 0 Å². The van der Waals surface area contributed by atoms with Crippen LogP contribution in [-0.2, 0) is 4.79 Å². The van der Waals surface area contributed by atoms with E-state index in [1.807, 2.05) is 0 Å². The first-order chi connectivity index (χ1) is 6.42. The fourth-order valence-electron chi connectivity index (χ4n) is 1.11. The van der Waals surface area contributed by atoms with E-state index in [-0.39, 0.29) is 50.6 Å². The molecule has 1 unspecified atom stereocenters. The third-order valence-corrected chi connectivity index (χ3v) is 2.09. The highest BCUT2D eigenvalue weighted by Gasteiger charge is 2.35. The van der Waals surface area contributed by atoms with Gasteiger partial charge in [0.15, 0.2) is 0 Å². The monoisotopic (exact) mass is 282 g/mol. The fourth-order valence-corrected chi connectivity index (χ4v) is 1.11. The molecule has 0 amide bonds. The largest absolute Gasteiger partial charge is 0.481 e. The average Bonchev–Trinajstić information content (AvgIpc) is 2.11. The zero-order chi connectivity index (χ0) is 11.2. The Morgan fingerprint density at radius 2 is 1.81 bits per heavy atom. The number of nitrogens with two attached hydrogens (primary N) is 2. The number of halogens is 4. The minimum atomic E-state index is -2.71. The van der Waals surface area contributed by atoms with E-state index < -0.39 is 17.9 Å². The normalized spacial score (nSPS) is 13.6. The minimum absolute atomic E-state index is 0. The first-order valence-electron chi connectivity index (χ1n) is 4.41. The van der Waals surface area contributed by atoms with Gasteiger partial charge in [0.1, 0.15) is 0 Å². The number of aliphatic carboxylic acids is 1. The lowest BCUT2D eigenvalue weighted by atomic mass is 9.90. The molecule has 0 spiro atoms. The number of carboxylic acid groups (broad SMARTS) is 1. The van der Waals surface area contributed by atoms with Crippen LogP contribution < -0.4 is 11.5 Å². The molecule has 5 N–H and O–H groups in total. The lowest BCUT2D eigenvalue weighted by Crippen LogP contribution is -2.47. The van der Waals surface area contributed by atoms with E-state index in [2.05, 4.69) is 0 Å². The molecule has 0 radical (unpaired) electrons. The molecule has 0 heterocycles. The number of hydrogen-bond acceptors (Lipinski definition) is 3. The van der Waals surface area contributed by atoms with Gasteiger partial charge in [0.05, 0.1) is 5.54 Å². The van der Waals surface area contributed by atoms with E-state index in [0.717, 1.165) is 0 Å². The zero-order valence-corrected chi connectivity index (χ0v) is 10.3. The number of alkyl halides is 2. The highest BCUT2D eigenvalue weighted by atomic mass is 35.5. The Morgan fingerprint density at radius 3 is 2.12 bits per heavy atom. The molecule has 0 aromatic rings. The molecule has 0 saturated heterocycles. The summed E-state index contributed by atoms with van der Waals surface area (Å²) < 4.78 is 25.0. The summed E-state index contributed by atoms with van der Waals surface area (Å²) in [5, 5.41) is 8.36. The molecule has 0 aliphatic heterocycles. The van der Waals surface area contributed by atoms with Crippen molar-refractivity contribution >= 4 is 30.8 Å². The first-order valence-corrected chi connectivity index (χ1v) is 4.41. The highest BCUT2D eigenvalue weighted by Crippen LogP contribution is 2.24. The number of carboxylic acids is 1. The molecule has 16 heavy (non-hydrogen) atoms. The molecule has 0 aromatic carbocycles. The number of rotatable bonds is 7. The van der Waals surface area contributed by atoms with Gasteiger partial charge in [-0.05, 0) is 25.8 Å². The van der Waals surface area contributed by atoms with Gasteiger partial charge in [-0.25, -0.2) is 8.78 Å². The van der Waals surface area contributed by atoms with Crippen LogP contribution in [0.4, 0.5) is 8.78 Å². The van der Waals surface area contributed by atoms with E-state index >= 15 is 0 Å². The lowest BCUT2D eigenvalue weighted by Gasteiger charge is -2.27. The Labute approximate surface area is 106 Å². The summed E-state index contributed by atoms with van der Waals surface area (Å²) in [5.74, 6) is -1.12. The van der Waals surface area contributed by atoms with Gasteiger partial charge in [-0.2, -0.15) is 0 Å². The topological polar surface area (TPSA) is 89.3 Å². The Bertz CT molecular complexity index is 199. The van der Waals surface area contributed by atoms with Crippen molar-refractivity contribution in [3.05, 3.63) is 0 Å². The van der Waals surface area contributed by atoms with Crippen LogP contribution in [0.3, 0.4) is 0 Å². The average molecular weight is 283 g/mol. The third-order valence-electron chi connectivity index (χ3n) is 2.09. The van der Waals surface area contributed by atoms with Crippen molar-refractivity contribution < 1.29 is 18.7 Å². The highest BCUT2D eigenvalue weighted by molar-refractivity contribution is 5.85. The van der Waals surface area contributed by atoms with E-state index in [4.69, 9.17) is 16.6 Å². The van der Waals surface area contributed by atoms with Gasteiger partial charge in [-0.15, -0.1) is 24.8 Å². The lowest BCUT2D eigenvalue weighted by molar-refractivity contribution is -0.137. The van der Waals surface area contributed by atoms with E-state index in [1.165, 1.54) is 0 Å². The predicted octanol–water partition coefficient (Wildman–Crippen LogP) is 1.40. The van der Waals surface area contributed by atoms with Crippen molar-refractivity contribution in [1.82, 2.24) is 0 Å². The van der Waals surface area contributed by atoms with Crippen molar-refractivity contribution in [3.8, 4) is 0 Å². The van der Waals surface area contributed by atoms with E-state index in [0.29, 0.717) is 6.42 Å². The summed E-state index contributed by atoms with van der Waals surface area (Å²) in [5.41, 5.74) is 8.87. The second-order valence-corrected chi connectivity index (χ2v) is 3.32. The van der Waals surface area contributed by atoms with Crippen molar-refractivity contribution in [2.75, 3.05) is 6.54 Å². The van der Waals surface area contributed by atoms with Gasteiger partial charge in [0.25, 0.3) is 6.43 Å². The molecule has 1 atom stereocenters. The maximum Gasteiger partial charge on any atom is 0.303 e. The summed E-state index contributed by atoms with van der Waals surface area (Å²) in [6.45, 7) is 0.277. The van der Waals surface area contributed by atoms with Gasteiger partial charge in [0.2, 0.25) is 0 Å². The molecule has 0 rings (SSSR count). The first kappa shape index (κ1) is 21.1. The van der Waals surface area contributed by atoms with Crippen molar-refractivity contribution in [2.45, 2.75) is 37.6 Å². The van der Waals surface area contributed by atoms with E-state index in [1.54, 1.807) is 0 Å². The van der Waals surface area contributed by atoms with Gasteiger partial charge < -0.3 is 16.6 Å². The smallest absolute Gasteiger partial charge is 0.303 e. The quantitative estimate of drug-likeness (QED) is 0.658. The SMILES string of the molecule is Cl.Cl.NCCCC(N)(CCC(=O)O)C(F)F. The van der Waals surface area contributed by atoms with Crippen LogP contribution in [-0.4, -0.2) is 29.6 Å². The van der Waals surface area contributed by atoms with Crippen molar-refractivity contribution in [3.63, 3.8) is 0 Å². The molecule has 100 valence electrons. The molecular formula is C8H18Cl2F2N2O2. The summed E-state index contributed by atoms with van der Waals surface area (Å²) in [4.78, 5) is 10.2. The van der Waals surface area contributed by atoms with Gasteiger partial charge in [0, 0.05) is 6.42 Å². The summed E-state index contributed by atoms with van der Waals surface area (Å²) in [6, 6.07) is 0. The van der Waals surface area contributed by atoms with Crippen LogP contribution >= 0.6 is 24.8 Å². The van der Waals surface area contributed by atoms with Crippen LogP contribution in [0, 0.1) is 0 Å². The second-order valence-electron chi connectivity index (χ2n) is 3.32. The molecule has 0 aromatic heterocycles. The molecular weight excluding hydrogens is 265 g/mol. The summed E-state index contributed by atoms with van der Waals surface area (Å²) >= 11 is 0. The standard InChI is InChI=1S/C8H16F2N2O2.2ClH/c9-7(10)8(12,3-1-5-11)4-2-6(13)14;;/h7H,1-5,11-12H2,(H,13,14);2*1H. The van der Waals surface area contributed by atoms with Crippen molar-refractivity contribution in [2.24, 2.45) is 11.5 Å². The Morgan fingerprint density at radius 1 is 1.31 bits per heavy atom. The third kappa shape index (κ3) is 8.04. The minimum Gasteiger partial charge on any atom is -0.481 e. The zero-order valence-electron chi connectivity index (χ0n) is 8.70. The van der Waals surface area contributed by atoms with Gasteiger partial charge >= 0.3 is 5.97 Å². The van der Waals surface area contributed by atoms with Crippen molar-refractivity contribution in [1.29, 1.82) is 0 Å². The molecule has 0 fully saturated rings. The maximum atomic E-state index is 12.5. The maximum absolute atomic E-state index is 12.5. The molecule has 0 bridgehead atoms. The van der Waals surface area contributed by atoms with Crippen LogP contribution in [0.2, 0.25) is 0 Å². The summed E-state index contributed by atoms with van der Waals surface area (Å²) in [6.07, 6.45) is -2.85. The molecule has 0 aliphatic rings. The molecule has 0 aliphatic carbocycles. The van der Waals surface area contributed by atoms with Crippen LogP contribution in [0.25, 0.3) is 0 Å². The number of hydrogen-bond donors (Lipinski definition) is 3. The predicted molar refractivity (Wildman–Crippen MR) is 62.6 cm³/mol. The van der Waals surface area contributed by atoms with Gasteiger partial charge in [-0.3, -0.25) is 4.79 Å². The summed E-state index contributed by atoms with van der Waals surface area (Å²) in [7, 11) is 0. The molecule has 8 heteroatoms. The Hall–Kier alpha value is -0.170.